The van der Waals surface area contributed by atoms with Crippen molar-refractivity contribution in [3.63, 3.8) is 0 Å². The Kier molecular flexibility index (Phi) is 5.71. The molecule has 0 aromatic heterocycles. The lowest BCUT2D eigenvalue weighted by atomic mass is 10.1. The van der Waals surface area contributed by atoms with Crippen LogP contribution >= 0.6 is 11.8 Å². The first-order chi connectivity index (χ1) is 10.0. The Morgan fingerprint density at radius 1 is 1.24 bits per heavy atom. The minimum absolute atomic E-state index is 0.131. The fraction of sp³-hybridized carbons (Fsp3) is 0.588. The van der Waals surface area contributed by atoms with E-state index in [1.807, 2.05) is 47.0 Å². The Labute approximate surface area is 132 Å². The molecule has 1 saturated heterocycles. The van der Waals surface area contributed by atoms with Gasteiger partial charge in [-0.15, -0.1) is 0 Å². The SMILES string of the molecule is CSCC(C)CN1C(=O)C(c2ccccc2)NC1C(C)C. The summed E-state index contributed by atoms with van der Waals surface area (Å²) >= 11 is 1.84. The molecule has 0 saturated carbocycles. The highest BCUT2D eigenvalue weighted by Crippen LogP contribution is 2.28. The maximum Gasteiger partial charge on any atom is 0.245 e. The first-order valence-electron chi connectivity index (χ1n) is 7.65. The highest BCUT2D eigenvalue weighted by Gasteiger charge is 2.41. The number of amides is 1. The zero-order valence-corrected chi connectivity index (χ0v) is 14.2. The number of hydrogen-bond acceptors (Lipinski definition) is 3. The number of thioether (sulfide) groups is 1. The topological polar surface area (TPSA) is 32.3 Å². The van der Waals surface area contributed by atoms with Crippen molar-refractivity contribution in [1.29, 1.82) is 0 Å². The van der Waals surface area contributed by atoms with E-state index in [2.05, 4.69) is 32.3 Å². The van der Waals surface area contributed by atoms with Crippen LogP contribution in [0.3, 0.4) is 0 Å². The van der Waals surface area contributed by atoms with Crippen LogP contribution in [0, 0.1) is 11.8 Å². The predicted octanol–water partition coefficient (Wildman–Crippen LogP) is 3.14. The first-order valence-corrected chi connectivity index (χ1v) is 9.04. The van der Waals surface area contributed by atoms with E-state index in [1.54, 1.807) is 0 Å². The zero-order valence-electron chi connectivity index (χ0n) is 13.4. The summed E-state index contributed by atoms with van der Waals surface area (Å²) in [6.45, 7) is 7.39. The Balaban J connectivity index is 2.16. The van der Waals surface area contributed by atoms with Crippen LogP contribution in [0.1, 0.15) is 32.4 Å². The third-order valence-corrected chi connectivity index (χ3v) is 4.83. The fourth-order valence-electron chi connectivity index (χ4n) is 2.95. The number of rotatable bonds is 6. The molecular formula is C17H26N2OS. The molecule has 1 aliphatic heterocycles. The van der Waals surface area contributed by atoms with E-state index in [0.29, 0.717) is 11.8 Å². The van der Waals surface area contributed by atoms with Crippen LogP contribution in [-0.2, 0) is 4.79 Å². The normalized spacial score (nSPS) is 23.9. The number of carbonyl (C=O) groups is 1. The summed E-state index contributed by atoms with van der Waals surface area (Å²) in [4.78, 5) is 14.9. The number of benzene rings is 1. The Hall–Kier alpha value is -1.00. The number of nitrogens with zero attached hydrogens (tertiary/aromatic N) is 1. The Bertz CT molecular complexity index is 463. The summed E-state index contributed by atoms with van der Waals surface area (Å²) in [5.41, 5.74) is 1.06. The quantitative estimate of drug-likeness (QED) is 0.876. The van der Waals surface area contributed by atoms with Crippen molar-refractivity contribution in [2.75, 3.05) is 18.6 Å². The summed E-state index contributed by atoms with van der Waals surface area (Å²) in [7, 11) is 0. The molecular weight excluding hydrogens is 280 g/mol. The minimum atomic E-state index is -0.194. The summed E-state index contributed by atoms with van der Waals surface area (Å²) in [6.07, 6.45) is 2.25. The molecule has 1 N–H and O–H groups in total. The largest absolute Gasteiger partial charge is 0.325 e. The Morgan fingerprint density at radius 3 is 2.48 bits per heavy atom. The zero-order chi connectivity index (χ0) is 15.4. The van der Waals surface area contributed by atoms with Gasteiger partial charge in [-0.1, -0.05) is 51.1 Å². The molecule has 3 nitrogen and oxygen atoms in total. The van der Waals surface area contributed by atoms with Crippen LogP contribution < -0.4 is 5.32 Å². The van der Waals surface area contributed by atoms with Crippen molar-refractivity contribution in [1.82, 2.24) is 10.2 Å². The standard InChI is InChI=1S/C17H26N2OS/c1-12(2)16-18-15(14-8-6-5-7-9-14)17(20)19(16)10-13(3)11-21-4/h5-9,12-13,15-16,18H,10-11H2,1-4H3. The highest BCUT2D eigenvalue weighted by molar-refractivity contribution is 7.98. The van der Waals surface area contributed by atoms with Crippen molar-refractivity contribution in [3.05, 3.63) is 35.9 Å². The fourth-order valence-corrected chi connectivity index (χ4v) is 3.62. The van der Waals surface area contributed by atoms with Crippen molar-refractivity contribution in [3.8, 4) is 0 Å². The number of hydrogen-bond donors (Lipinski definition) is 1. The molecule has 21 heavy (non-hydrogen) atoms. The van der Waals surface area contributed by atoms with Gasteiger partial charge in [-0.05, 0) is 29.4 Å². The molecule has 0 aliphatic carbocycles. The second kappa shape index (κ2) is 7.32. The van der Waals surface area contributed by atoms with Gasteiger partial charge in [0.2, 0.25) is 5.91 Å². The maximum absolute atomic E-state index is 12.8. The molecule has 1 aromatic carbocycles. The molecule has 0 radical (unpaired) electrons. The number of nitrogens with one attached hydrogen (secondary N) is 1. The van der Waals surface area contributed by atoms with Gasteiger partial charge >= 0.3 is 0 Å². The van der Waals surface area contributed by atoms with Gasteiger partial charge in [-0.25, -0.2) is 0 Å². The van der Waals surface area contributed by atoms with Crippen LogP contribution in [0.4, 0.5) is 0 Å². The van der Waals surface area contributed by atoms with E-state index < -0.39 is 0 Å². The summed E-state index contributed by atoms with van der Waals surface area (Å²) in [5.74, 6) is 2.23. The second-order valence-corrected chi connectivity index (χ2v) is 7.16. The molecule has 1 amide bonds. The maximum atomic E-state index is 12.8. The van der Waals surface area contributed by atoms with Crippen LogP contribution in [0.5, 0.6) is 0 Å². The third kappa shape index (κ3) is 3.80. The van der Waals surface area contributed by atoms with Gasteiger partial charge in [-0.3, -0.25) is 10.1 Å². The van der Waals surface area contributed by atoms with Crippen molar-refractivity contribution >= 4 is 17.7 Å². The van der Waals surface area contributed by atoms with E-state index in [1.165, 1.54) is 0 Å². The van der Waals surface area contributed by atoms with Gasteiger partial charge in [0.1, 0.15) is 6.04 Å². The van der Waals surface area contributed by atoms with Gasteiger partial charge in [0, 0.05) is 6.54 Å². The van der Waals surface area contributed by atoms with E-state index >= 15 is 0 Å². The van der Waals surface area contributed by atoms with Gasteiger partial charge in [0.25, 0.3) is 0 Å². The van der Waals surface area contributed by atoms with Gasteiger partial charge in [0.15, 0.2) is 0 Å². The molecule has 4 heteroatoms. The second-order valence-electron chi connectivity index (χ2n) is 6.25. The van der Waals surface area contributed by atoms with Crippen LogP contribution in [-0.4, -0.2) is 35.5 Å². The summed E-state index contributed by atoms with van der Waals surface area (Å²) in [5, 5.41) is 3.52. The summed E-state index contributed by atoms with van der Waals surface area (Å²) < 4.78 is 0. The minimum Gasteiger partial charge on any atom is -0.325 e. The van der Waals surface area contributed by atoms with Crippen molar-refractivity contribution < 1.29 is 4.79 Å². The molecule has 1 aromatic rings. The van der Waals surface area contributed by atoms with Crippen LogP contribution in [0.2, 0.25) is 0 Å². The van der Waals surface area contributed by atoms with E-state index in [4.69, 9.17) is 0 Å². The smallest absolute Gasteiger partial charge is 0.245 e. The number of carbonyl (C=O) groups excluding carboxylic acids is 1. The molecule has 2 rings (SSSR count). The monoisotopic (exact) mass is 306 g/mol. The molecule has 1 heterocycles. The van der Waals surface area contributed by atoms with E-state index in [-0.39, 0.29) is 18.1 Å². The van der Waals surface area contributed by atoms with E-state index in [9.17, 15) is 4.79 Å². The summed E-state index contributed by atoms with van der Waals surface area (Å²) in [6, 6.07) is 9.84. The lowest BCUT2D eigenvalue weighted by Crippen LogP contribution is -2.43. The lowest BCUT2D eigenvalue weighted by Gasteiger charge is -2.29. The highest BCUT2D eigenvalue weighted by atomic mass is 32.2. The van der Waals surface area contributed by atoms with Gasteiger partial charge < -0.3 is 4.90 Å². The lowest BCUT2D eigenvalue weighted by molar-refractivity contribution is -0.131. The van der Waals surface area contributed by atoms with E-state index in [0.717, 1.165) is 17.9 Å². The van der Waals surface area contributed by atoms with Crippen LogP contribution in [0.15, 0.2) is 30.3 Å². The average molecular weight is 306 g/mol. The molecule has 1 aliphatic rings. The van der Waals surface area contributed by atoms with Gasteiger partial charge in [0.05, 0.1) is 6.17 Å². The predicted molar refractivity (Wildman–Crippen MR) is 90.2 cm³/mol. The molecule has 0 spiro atoms. The molecule has 116 valence electrons. The van der Waals surface area contributed by atoms with Gasteiger partial charge in [-0.2, -0.15) is 11.8 Å². The van der Waals surface area contributed by atoms with Crippen LogP contribution in [0.25, 0.3) is 0 Å². The molecule has 3 atom stereocenters. The molecule has 0 bridgehead atoms. The molecule has 3 unspecified atom stereocenters. The average Bonchev–Trinajstić information content (AvgIpc) is 2.78. The third-order valence-electron chi connectivity index (χ3n) is 3.93. The van der Waals surface area contributed by atoms with Crippen molar-refractivity contribution in [2.45, 2.75) is 33.0 Å². The Morgan fingerprint density at radius 2 is 1.90 bits per heavy atom. The molecule has 1 fully saturated rings. The van der Waals surface area contributed by atoms with Crippen molar-refractivity contribution in [2.24, 2.45) is 11.8 Å². The first kappa shape index (κ1) is 16.4.